The fourth-order valence-electron chi connectivity index (χ4n) is 4.66. The van der Waals surface area contributed by atoms with E-state index >= 15 is 0 Å². The van der Waals surface area contributed by atoms with E-state index in [1.165, 1.54) is 28.8 Å². The number of nitrogens with zero attached hydrogens (tertiary/aromatic N) is 1. The molecule has 0 aliphatic heterocycles. The Morgan fingerprint density at radius 2 is 1.33 bits per heavy atom. The predicted octanol–water partition coefficient (Wildman–Crippen LogP) is 8.87. The van der Waals surface area contributed by atoms with Gasteiger partial charge in [-0.1, -0.05) is 94.1 Å². The van der Waals surface area contributed by atoms with Crippen LogP contribution in [0.2, 0.25) is 0 Å². The first-order valence-corrected chi connectivity index (χ1v) is 12.7. The van der Waals surface area contributed by atoms with Gasteiger partial charge in [-0.25, -0.2) is 0 Å². The van der Waals surface area contributed by atoms with Crippen molar-refractivity contribution in [1.82, 2.24) is 4.90 Å². The van der Waals surface area contributed by atoms with Gasteiger partial charge in [-0.15, -0.1) is 0 Å². The number of likely N-dealkylation sites (N-methyl/N-ethyl adjacent to an activating group) is 1. The number of hydrogen-bond acceptors (Lipinski definition) is 1. The zero-order valence-electron chi connectivity index (χ0n) is 21.9. The van der Waals surface area contributed by atoms with Gasteiger partial charge in [-0.3, -0.25) is 0 Å². The van der Waals surface area contributed by atoms with Crippen LogP contribution < -0.4 is 0 Å². The van der Waals surface area contributed by atoms with E-state index in [0.717, 1.165) is 30.6 Å². The van der Waals surface area contributed by atoms with Crippen LogP contribution >= 0.6 is 0 Å². The first-order chi connectivity index (χ1) is 17.0. The molecule has 0 amide bonds. The Labute approximate surface area is 214 Å². The highest BCUT2D eigenvalue weighted by atomic mass is 19.4. The number of rotatable bonds is 11. The van der Waals surface area contributed by atoms with E-state index in [9.17, 15) is 13.2 Å². The minimum absolute atomic E-state index is 0.198. The summed E-state index contributed by atoms with van der Waals surface area (Å²) >= 11 is 0. The summed E-state index contributed by atoms with van der Waals surface area (Å²) < 4.78 is 38.9. The lowest BCUT2D eigenvalue weighted by Gasteiger charge is -2.29. The second-order valence-corrected chi connectivity index (χ2v) is 10.3. The van der Waals surface area contributed by atoms with E-state index < -0.39 is 11.7 Å². The molecule has 1 nitrogen and oxygen atoms in total. The smallest absolute Gasteiger partial charge is 0.378 e. The number of alkyl halides is 3. The Bertz CT molecular complexity index is 1080. The van der Waals surface area contributed by atoms with Gasteiger partial charge < -0.3 is 4.90 Å². The van der Waals surface area contributed by atoms with Crippen LogP contribution in [-0.2, 0) is 19.0 Å². The van der Waals surface area contributed by atoms with Crippen molar-refractivity contribution < 1.29 is 13.2 Å². The molecule has 36 heavy (non-hydrogen) atoms. The maximum absolute atomic E-state index is 13.0. The third-order valence-corrected chi connectivity index (χ3v) is 6.96. The first kappa shape index (κ1) is 27.6. The molecule has 0 unspecified atom stereocenters. The van der Waals surface area contributed by atoms with Gasteiger partial charge >= 0.3 is 6.18 Å². The van der Waals surface area contributed by atoms with Crippen molar-refractivity contribution in [2.45, 2.75) is 58.0 Å². The van der Waals surface area contributed by atoms with Crippen LogP contribution in [0.25, 0.3) is 0 Å². The number of benzene rings is 3. The van der Waals surface area contributed by atoms with Gasteiger partial charge in [0, 0.05) is 25.2 Å². The molecular formula is C32H38F3N. The molecule has 0 saturated carbocycles. The van der Waals surface area contributed by atoms with E-state index in [-0.39, 0.29) is 11.8 Å². The van der Waals surface area contributed by atoms with Crippen molar-refractivity contribution >= 4 is 0 Å². The molecule has 0 aliphatic rings. The van der Waals surface area contributed by atoms with Gasteiger partial charge in [-0.2, -0.15) is 13.2 Å². The third-order valence-electron chi connectivity index (χ3n) is 6.96. The largest absolute Gasteiger partial charge is 0.416 e. The quantitative estimate of drug-likeness (QED) is 0.258. The Kier molecular flexibility index (Phi) is 9.42. The lowest BCUT2D eigenvalue weighted by Crippen LogP contribution is -2.23. The van der Waals surface area contributed by atoms with Crippen LogP contribution in [0, 0.1) is 5.92 Å². The molecular weight excluding hydrogens is 455 g/mol. The summed E-state index contributed by atoms with van der Waals surface area (Å²) in [6.45, 7) is 11.9. The molecule has 4 heteroatoms. The van der Waals surface area contributed by atoms with Crippen LogP contribution in [0.15, 0.2) is 91.1 Å². The zero-order valence-corrected chi connectivity index (χ0v) is 21.9. The normalized spacial score (nSPS) is 13.4. The monoisotopic (exact) mass is 493 g/mol. The van der Waals surface area contributed by atoms with E-state index in [1.807, 2.05) is 18.2 Å². The van der Waals surface area contributed by atoms with Crippen LogP contribution in [0.4, 0.5) is 13.2 Å². The fourth-order valence-corrected chi connectivity index (χ4v) is 4.66. The summed E-state index contributed by atoms with van der Waals surface area (Å²) in [4.78, 5) is 2.22. The molecule has 0 spiro atoms. The van der Waals surface area contributed by atoms with Crippen molar-refractivity contribution in [3.63, 3.8) is 0 Å². The van der Waals surface area contributed by atoms with E-state index in [2.05, 4.69) is 75.7 Å². The third kappa shape index (κ3) is 7.74. The molecule has 192 valence electrons. The molecule has 0 N–H and O–H groups in total. The summed E-state index contributed by atoms with van der Waals surface area (Å²) in [5.74, 6) is 1.03. The molecule has 3 rings (SSSR count). The van der Waals surface area contributed by atoms with Gasteiger partial charge in [0.05, 0.1) is 5.56 Å². The van der Waals surface area contributed by atoms with E-state index in [4.69, 9.17) is 0 Å². The minimum atomic E-state index is -4.31. The van der Waals surface area contributed by atoms with Crippen molar-refractivity contribution in [2.24, 2.45) is 5.92 Å². The summed E-state index contributed by atoms with van der Waals surface area (Å²) in [5.41, 5.74) is 5.17. The molecule has 0 fully saturated rings. The lowest BCUT2D eigenvalue weighted by molar-refractivity contribution is -0.137. The Morgan fingerprint density at radius 1 is 0.778 bits per heavy atom. The molecule has 0 aromatic heterocycles. The highest BCUT2D eigenvalue weighted by Crippen LogP contribution is 2.31. The van der Waals surface area contributed by atoms with Crippen LogP contribution in [0.1, 0.15) is 66.8 Å². The molecule has 3 aromatic rings. The standard InChI is InChI=1S/C32H38F3N/c1-23(2)21-26-11-15-28(16-12-26)24(3)25(4)36(5)20-19-30(29-9-7-6-8-10-29)22-27-13-17-31(18-14-27)32(33,34)35/h6-18,23-24,30H,4,19-22H2,1-3,5H3/t24-,30-/m1/s1. The lowest BCUT2D eigenvalue weighted by atomic mass is 9.88. The molecule has 0 heterocycles. The number of hydrogen-bond donors (Lipinski definition) is 0. The van der Waals surface area contributed by atoms with Crippen molar-refractivity contribution in [3.8, 4) is 0 Å². The summed E-state index contributed by atoms with van der Waals surface area (Å²) in [6.07, 6.45) is -1.67. The highest BCUT2D eigenvalue weighted by Gasteiger charge is 2.30. The first-order valence-electron chi connectivity index (χ1n) is 12.7. The molecule has 2 atom stereocenters. The van der Waals surface area contributed by atoms with Crippen molar-refractivity contribution in [3.05, 3.63) is 119 Å². The molecule has 0 saturated heterocycles. The highest BCUT2D eigenvalue weighted by molar-refractivity contribution is 5.31. The minimum Gasteiger partial charge on any atom is -0.378 e. The topological polar surface area (TPSA) is 3.24 Å². The van der Waals surface area contributed by atoms with Crippen LogP contribution in [0.5, 0.6) is 0 Å². The fraction of sp³-hybridized carbons (Fsp3) is 0.375. The average molecular weight is 494 g/mol. The van der Waals surface area contributed by atoms with Gasteiger partial charge in [-0.05, 0) is 65.5 Å². The SMILES string of the molecule is C=C([C@@H](C)c1ccc(CC(C)C)cc1)N(C)CC[C@H](Cc1ccc(C(F)(F)F)cc1)c1ccccc1. The Morgan fingerprint density at radius 3 is 1.89 bits per heavy atom. The average Bonchev–Trinajstić information content (AvgIpc) is 2.86. The van der Waals surface area contributed by atoms with Crippen LogP contribution in [-0.4, -0.2) is 18.5 Å². The molecule has 0 bridgehead atoms. The van der Waals surface area contributed by atoms with Crippen molar-refractivity contribution in [2.75, 3.05) is 13.6 Å². The van der Waals surface area contributed by atoms with Crippen molar-refractivity contribution in [1.29, 1.82) is 0 Å². The second-order valence-electron chi connectivity index (χ2n) is 10.3. The zero-order chi connectivity index (χ0) is 26.3. The number of allylic oxidation sites excluding steroid dienone is 1. The number of halogens is 3. The maximum atomic E-state index is 13.0. The van der Waals surface area contributed by atoms with E-state index in [1.54, 1.807) is 12.1 Å². The van der Waals surface area contributed by atoms with Gasteiger partial charge in [0.1, 0.15) is 0 Å². The maximum Gasteiger partial charge on any atom is 0.416 e. The molecule has 0 aliphatic carbocycles. The molecule has 3 aromatic carbocycles. The predicted molar refractivity (Wildman–Crippen MR) is 144 cm³/mol. The van der Waals surface area contributed by atoms with Gasteiger partial charge in [0.2, 0.25) is 0 Å². The van der Waals surface area contributed by atoms with Gasteiger partial charge in [0.25, 0.3) is 0 Å². The second kappa shape index (κ2) is 12.3. The summed E-state index contributed by atoms with van der Waals surface area (Å²) in [5, 5.41) is 0. The van der Waals surface area contributed by atoms with Gasteiger partial charge in [0.15, 0.2) is 0 Å². The molecule has 0 radical (unpaired) electrons. The summed E-state index contributed by atoms with van der Waals surface area (Å²) in [6, 6.07) is 24.6. The van der Waals surface area contributed by atoms with Crippen LogP contribution in [0.3, 0.4) is 0 Å². The summed E-state index contributed by atoms with van der Waals surface area (Å²) in [7, 11) is 2.08. The van der Waals surface area contributed by atoms with E-state index in [0.29, 0.717) is 12.3 Å². The Hall–Kier alpha value is -3.01. The Balaban J connectivity index is 1.66.